The van der Waals surface area contributed by atoms with Gasteiger partial charge in [-0.2, -0.15) is 0 Å². The topological polar surface area (TPSA) is 79.1 Å². The molecule has 2 heterocycles. The first-order chi connectivity index (χ1) is 10.2. The molecule has 2 aromatic heterocycles. The van der Waals surface area contributed by atoms with Gasteiger partial charge in [0, 0.05) is 11.6 Å². The van der Waals surface area contributed by atoms with Gasteiger partial charge in [-0.05, 0) is 23.6 Å². The van der Waals surface area contributed by atoms with Crippen molar-refractivity contribution in [3.8, 4) is 11.6 Å². The Kier molecular flexibility index (Phi) is 3.23. The molecular formula is C14H12N4O3. The third-order valence-electron chi connectivity index (χ3n) is 3.03. The molecule has 0 aliphatic rings. The molecule has 0 N–H and O–H groups in total. The van der Waals surface area contributed by atoms with Crippen LogP contribution in [0.15, 0.2) is 36.8 Å². The van der Waals surface area contributed by atoms with Crippen molar-refractivity contribution in [2.24, 2.45) is 0 Å². The van der Waals surface area contributed by atoms with Crippen molar-refractivity contribution >= 4 is 16.7 Å². The lowest BCUT2D eigenvalue weighted by atomic mass is 10.1. The Morgan fingerprint density at radius 2 is 2.05 bits per heavy atom. The summed E-state index contributed by atoms with van der Waals surface area (Å²) in [6.07, 6.45) is 3.09. The van der Waals surface area contributed by atoms with Crippen LogP contribution in [0.25, 0.3) is 16.6 Å². The van der Waals surface area contributed by atoms with E-state index in [0.717, 1.165) is 10.8 Å². The third kappa shape index (κ3) is 2.29. The molecule has 0 spiro atoms. The lowest BCUT2D eigenvalue weighted by Crippen LogP contribution is -2.06. The molecule has 1 aromatic carbocycles. The normalized spacial score (nSPS) is 10.6. The molecule has 3 rings (SSSR count). The maximum atomic E-state index is 11.4. The van der Waals surface area contributed by atoms with Crippen molar-refractivity contribution in [3.05, 3.63) is 42.6 Å². The Bertz CT molecular complexity index is 813. The highest BCUT2D eigenvalue weighted by atomic mass is 16.5. The van der Waals surface area contributed by atoms with E-state index >= 15 is 0 Å². The second kappa shape index (κ2) is 5.20. The number of pyridine rings is 1. The van der Waals surface area contributed by atoms with Gasteiger partial charge in [0.15, 0.2) is 5.82 Å². The van der Waals surface area contributed by atoms with Gasteiger partial charge >= 0.3 is 5.97 Å². The van der Waals surface area contributed by atoms with E-state index in [2.05, 4.69) is 19.8 Å². The molecule has 0 unspecified atom stereocenters. The first-order valence-corrected chi connectivity index (χ1v) is 6.16. The molecule has 0 radical (unpaired) electrons. The minimum absolute atomic E-state index is 0.0146. The largest absolute Gasteiger partial charge is 0.497 e. The van der Waals surface area contributed by atoms with E-state index in [4.69, 9.17) is 4.74 Å². The summed E-state index contributed by atoms with van der Waals surface area (Å²) in [4.78, 5) is 19.6. The van der Waals surface area contributed by atoms with Gasteiger partial charge in [-0.25, -0.2) is 19.4 Å². The van der Waals surface area contributed by atoms with E-state index in [0.29, 0.717) is 11.6 Å². The van der Waals surface area contributed by atoms with Crippen molar-refractivity contribution in [3.63, 3.8) is 0 Å². The van der Waals surface area contributed by atoms with Crippen molar-refractivity contribution < 1.29 is 14.3 Å². The highest BCUT2D eigenvalue weighted by Crippen LogP contribution is 2.24. The minimum Gasteiger partial charge on any atom is -0.497 e. The molecule has 0 saturated carbocycles. The summed E-state index contributed by atoms with van der Waals surface area (Å²) in [6, 6.07) is 7.54. The Morgan fingerprint density at radius 1 is 1.19 bits per heavy atom. The van der Waals surface area contributed by atoms with Gasteiger partial charge in [0.25, 0.3) is 5.82 Å². The molecule has 7 nitrogen and oxygen atoms in total. The van der Waals surface area contributed by atoms with Crippen LogP contribution in [0.3, 0.4) is 0 Å². The van der Waals surface area contributed by atoms with Crippen molar-refractivity contribution in [1.29, 1.82) is 0 Å². The van der Waals surface area contributed by atoms with Crippen LogP contribution >= 0.6 is 0 Å². The summed E-state index contributed by atoms with van der Waals surface area (Å²) >= 11 is 0. The molecule has 0 atom stereocenters. The maximum Gasteiger partial charge on any atom is 0.377 e. The van der Waals surface area contributed by atoms with E-state index < -0.39 is 5.97 Å². The van der Waals surface area contributed by atoms with E-state index in [9.17, 15) is 4.79 Å². The number of nitrogens with zero attached hydrogens (tertiary/aromatic N) is 4. The number of fused-ring (bicyclic) bond motifs is 1. The molecule has 0 bridgehead atoms. The molecule has 7 heteroatoms. The van der Waals surface area contributed by atoms with Crippen LogP contribution in [-0.2, 0) is 4.74 Å². The van der Waals surface area contributed by atoms with Crippen LogP contribution in [0.5, 0.6) is 5.75 Å². The number of esters is 1. The van der Waals surface area contributed by atoms with Gasteiger partial charge in [0.1, 0.15) is 12.1 Å². The summed E-state index contributed by atoms with van der Waals surface area (Å²) in [5.74, 6) is 0.671. The first kappa shape index (κ1) is 13.0. The molecule has 0 amide bonds. The fourth-order valence-corrected chi connectivity index (χ4v) is 1.99. The molecule has 0 aliphatic carbocycles. The Hall–Kier alpha value is -2.96. The number of aromatic nitrogens is 4. The standard InChI is InChI=1S/C14H12N4O3/c1-20-10-4-3-9-5-6-15-13(11(9)7-10)18-8-16-12(17-18)14(19)21-2/h3-8H,1-2H3. The average molecular weight is 284 g/mol. The molecule has 3 aromatic rings. The number of carbonyl (C=O) groups excluding carboxylic acids is 1. The van der Waals surface area contributed by atoms with Gasteiger partial charge in [-0.15, -0.1) is 5.10 Å². The number of rotatable bonds is 3. The SMILES string of the molecule is COC(=O)c1ncn(-c2nccc3ccc(OC)cc23)n1. The summed E-state index contributed by atoms with van der Waals surface area (Å²) in [5.41, 5.74) is 0. The second-order valence-corrected chi connectivity index (χ2v) is 4.23. The number of ether oxygens (including phenoxy) is 2. The Balaban J connectivity index is 2.15. The van der Waals surface area contributed by atoms with Gasteiger partial charge in [-0.1, -0.05) is 6.07 Å². The number of carbonyl (C=O) groups is 1. The van der Waals surface area contributed by atoms with Crippen molar-refractivity contribution in [2.75, 3.05) is 14.2 Å². The van der Waals surface area contributed by atoms with Crippen LogP contribution in [0.4, 0.5) is 0 Å². The van der Waals surface area contributed by atoms with E-state index in [1.165, 1.54) is 18.1 Å². The number of benzene rings is 1. The molecule has 0 saturated heterocycles. The van der Waals surface area contributed by atoms with Gasteiger partial charge < -0.3 is 9.47 Å². The molecular weight excluding hydrogens is 272 g/mol. The van der Waals surface area contributed by atoms with Crippen LogP contribution in [0, 0.1) is 0 Å². The summed E-state index contributed by atoms with van der Waals surface area (Å²) < 4.78 is 11.3. The monoisotopic (exact) mass is 284 g/mol. The van der Waals surface area contributed by atoms with Crippen LogP contribution in [-0.4, -0.2) is 39.9 Å². The van der Waals surface area contributed by atoms with E-state index in [1.807, 2.05) is 24.3 Å². The zero-order valence-corrected chi connectivity index (χ0v) is 11.5. The zero-order valence-electron chi connectivity index (χ0n) is 11.5. The summed E-state index contributed by atoms with van der Waals surface area (Å²) in [6.45, 7) is 0. The second-order valence-electron chi connectivity index (χ2n) is 4.23. The average Bonchev–Trinajstić information content (AvgIpc) is 3.02. The maximum absolute atomic E-state index is 11.4. The molecule has 21 heavy (non-hydrogen) atoms. The quantitative estimate of drug-likeness (QED) is 0.680. The van der Waals surface area contributed by atoms with Gasteiger partial charge in [0.2, 0.25) is 0 Å². The predicted molar refractivity (Wildman–Crippen MR) is 74.6 cm³/mol. The smallest absolute Gasteiger partial charge is 0.377 e. The number of methoxy groups -OCH3 is 2. The lowest BCUT2D eigenvalue weighted by Gasteiger charge is -2.06. The fourth-order valence-electron chi connectivity index (χ4n) is 1.99. The fraction of sp³-hybridized carbons (Fsp3) is 0.143. The third-order valence-corrected chi connectivity index (χ3v) is 3.03. The molecule has 106 valence electrons. The summed E-state index contributed by atoms with van der Waals surface area (Å²) in [5, 5.41) is 5.91. The minimum atomic E-state index is -0.591. The zero-order chi connectivity index (χ0) is 14.8. The Labute approximate surface area is 120 Å². The van der Waals surface area contributed by atoms with Gasteiger partial charge in [0.05, 0.1) is 14.2 Å². The molecule has 0 fully saturated rings. The highest BCUT2D eigenvalue weighted by molar-refractivity contribution is 5.89. The summed E-state index contributed by atoms with van der Waals surface area (Å²) in [7, 11) is 2.88. The van der Waals surface area contributed by atoms with E-state index in [-0.39, 0.29) is 5.82 Å². The lowest BCUT2D eigenvalue weighted by molar-refractivity contribution is 0.0587. The number of hydrogen-bond acceptors (Lipinski definition) is 6. The van der Waals surface area contributed by atoms with Crippen molar-refractivity contribution in [2.45, 2.75) is 0 Å². The van der Waals surface area contributed by atoms with Crippen LogP contribution < -0.4 is 4.74 Å². The Morgan fingerprint density at radius 3 is 2.81 bits per heavy atom. The van der Waals surface area contributed by atoms with Crippen LogP contribution in [0.1, 0.15) is 10.6 Å². The van der Waals surface area contributed by atoms with Gasteiger partial charge in [-0.3, -0.25) is 0 Å². The first-order valence-electron chi connectivity index (χ1n) is 6.16. The molecule has 0 aliphatic heterocycles. The van der Waals surface area contributed by atoms with Crippen molar-refractivity contribution in [1.82, 2.24) is 19.7 Å². The van der Waals surface area contributed by atoms with E-state index in [1.54, 1.807) is 13.3 Å². The van der Waals surface area contributed by atoms with Crippen LogP contribution in [0.2, 0.25) is 0 Å². The highest BCUT2D eigenvalue weighted by Gasteiger charge is 2.14. The predicted octanol–water partition coefficient (Wildman–Crippen LogP) is 1.61. The number of hydrogen-bond donors (Lipinski definition) is 0.